The standard InChI is InChI=1S/C16H16N2O5S/c1-8(19)23-9-3-12-15(24-2)17-11-5-14-13(21-7-22-14)4-10(11)16(20)18(12)6-9/h4-5,9,12H,3,6-7H2,1-2H3. The van der Waals surface area contributed by atoms with E-state index in [1.165, 1.54) is 18.7 Å². The lowest BCUT2D eigenvalue weighted by Crippen LogP contribution is -2.38. The molecule has 1 aromatic carbocycles. The lowest BCUT2D eigenvalue weighted by atomic mass is 10.1. The van der Waals surface area contributed by atoms with Gasteiger partial charge in [0.15, 0.2) is 11.5 Å². The molecule has 8 heteroatoms. The van der Waals surface area contributed by atoms with Gasteiger partial charge in [-0.3, -0.25) is 9.59 Å². The molecular weight excluding hydrogens is 332 g/mol. The van der Waals surface area contributed by atoms with Gasteiger partial charge >= 0.3 is 5.97 Å². The quantitative estimate of drug-likeness (QED) is 0.722. The number of ether oxygens (including phenoxy) is 3. The molecule has 1 aromatic rings. The van der Waals surface area contributed by atoms with Crippen LogP contribution >= 0.6 is 11.8 Å². The Balaban J connectivity index is 1.75. The van der Waals surface area contributed by atoms with Crippen molar-refractivity contribution in [2.24, 2.45) is 4.99 Å². The molecule has 3 aliphatic rings. The van der Waals surface area contributed by atoms with Gasteiger partial charge in [-0.25, -0.2) is 4.99 Å². The van der Waals surface area contributed by atoms with Gasteiger partial charge in [0.2, 0.25) is 6.79 Å². The molecule has 1 saturated heterocycles. The number of hydrogen-bond donors (Lipinski definition) is 0. The minimum atomic E-state index is -0.337. The van der Waals surface area contributed by atoms with Crippen LogP contribution in [0, 0.1) is 0 Å². The SMILES string of the molecule is CSC1=Nc2cc3c(cc2C(=O)N2CC(OC(C)=O)CC12)OCO3. The molecule has 0 N–H and O–H groups in total. The van der Waals surface area contributed by atoms with E-state index in [4.69, 9.17) is 14.2 Å². The van der Waals surface area contributed by atoms with E-state index in [2.05, 4.69) is 4.99 Å². The molecule has 7 nitrogen and oxygen atoms in total. The number of esters is 1. The van der Waals surface area contributed by atoms with E-state index in [0.717, 1.165) is 5.04 Å². The highest BCUT2D eigenvalue weighted by atomic mass is 32.2. The van der Waals surface area contributed by atoms with Crippen molar-refractivity contribution in [3.8, 4) is 11.5 Å². The number of aliphatic imine (C=N–C) groups is 1. The number of nitrogens with zero attached hydrogens (tertiary/aromatic N) is 2. The van der Waals surface area contributed by atoms with Crippen LogP contribution in [0.2, 0.25) is 0 Å². The van der Waals surface area contributed by atoms with Crippen LogP contribution < -0.4 is 9.47 Å². The van der Waals surface area contributed by atoms with E-state index in [0.29, 0.717) is 35.7 Å². The highest BCUT2D eigenvalue weighted by Gasteiger charge is 2.42. The Morgan fingerprint density at radius 2 is 2.12 bits per heavy atom. The van der Waals surface area contributed by atoms with Crippen molar-refractivity contribution in [3.05, 3.63) is 17.7 Å². The second kappa shape index (κ2) is 5.70. The van der Waals surface area contributed by atoms with Crippen LogP contribution in [0.3, 0.4) is 0 Å². The van der Waals surface area contributed by atoms with Gasteiger partial charge in [-0.1, -0.05) is 0 Å². The summed E-state index contributed by atoms with van der Waals surface area (Å²) in [6.07, 6.45) is 2.19. The molecule has 1 fully saturated rings. The van der Waals surface area contributed by atoms with Crippen molar-refractivity contribution in [1.82, 2.24) is 4.90 Å². The minimum absolute atomic E-state index is 0.129. The number of hydrogen-bond acceptors (Lipinski definition) is 7. The van der Waals surface area contributed by atoms with E-state index in [-0.39, 0.29) is 30.8 Å². The number of benzene rings is 1. The zero-order valence-corrected chi connectivity index (χ0v) is 14.1. The largest absolute Gasteiger partial charge is 0.461 e. The molecule has 2 atom stereocenters. The molecule has 3 aliphatic heterocycles. The average Bonchev–Trinajstić information content (AvgIpc) is 3.14. The molecule has 1 amide bonds. The van der Waals surface area contributed by atoms with Crippen LogP contribution in [0.5, 0.6) is 11.5 Å². The van der Waals surface area contributed by atoms with E-state index < -0.39 is 0 Å². The molecule has 4 rings (SSSR count). The first-order valence-electron chi connectivity index (χ1n) is 7.61. The smallest absolute Gasteiger partial charge is 0.302 e. The Kier molecular flexibility index (Phi) is 3.64. The van der Waals surface area contributed by atoms with Gasteiger partial charge < -0.3 is 19.1 Å². The first kappa shape index (κ1) is 15.3. The maximum Gasteiger partial charge on any atom is 0.302 e. The number of carbonyl (C=O) groups excluding carboxylic acids is 2. The van der Waals surface area contributed by atoms with E-state index in [1.807, 2.05) is 6.26 Å². The number of carbonyl (C=O) groups is 2. The van der Waals surface area contributed by atoms with Gasteiger partial charge in [0.05, 0.1) is 28.9 Å². The Labute approximate surface area is 143 Å². The molecule has 0 saturated carbocycles. The lowest BCUT2D eigenvalue weighted by Gasteiger charge is -2.22. The van der Waals surface area contributed by atoms with Crippen LogP contribution in [0.15, 0.2) is 17.1 Å². The van der Waals surface area contributed by atoms with Gasteiger partial charge in [-0.15, -0.1) is 11.8 Å². The number of amides is 1. The lowest BCUT2D eigenvalue weighted by molar-refractivity contribution is -0.145. The van der Waals surface area contributed by atoms with Gasteiger partial charge in [0, 0.05) is 19.4 Å². The summed E-state index contributed by atoms with van der Waals surface area (Å²) in [5, 5.41) is 0.829. The van der Waals surface area contributed by atoms with Crippen molar-refractivity contribution in [2.45, 2.75) is 25.5 Å². The Morgan fingerprint density at radius 1 is 1.38 bits per heavy atom. The molecular formula is C16H16N2O5S. The van der Waals surface area contributed by atoms with Gasteiger partial charge in [0.25, 0.3) is 5.91 Å². The fourth-order valence-corrected chi connectivity index (χ4v) is 3.99. The minimum Gasteiger partial charge on any atom is -0.461 e. The molecule has 24 heavy (non-hydrogen) atoms. The summed E-state index contributed by atoms with van der Waals surface area (Å²) in [5.41, 5.74) is 1.07. The van der Waals surface area contributed by atoms with E-state index in [9.17, 15) is 9.59 Å². The summed E-state index contributed by atoms with van der Waals surface area (Å²) in [6, 6.07) is 3.25. The number of thioether (sulfide) groups is 1. The van der Waals surface area contributed by atoms with E-state index >= 15 is 0 Å². The predicted molar refractivity (Wildman–Crippen MR) is 88.2 cm³/mol. The maximum atomic E-state index is 13.0. The molecule has 0 radical (unpaired) electrons. The fraction of sp³-hybridized carbons (Fsp3) is 0.438. The molecule has 3 heterocycles. The van der Waals surface area contributed by atoms with Crippen molar-refractivity contribution in [3.63, 3.8) is 0 Å². The highest BCUT2D eigenvalue weighted by molar-refractivity contribution is 8.13. The fourth-order valence-electron chi connectivity index (χ4n) is 3.30. The second-order valence-corrected chi connectivity index (χ2v) is 6.64. The normalized spacial score (nSPS) is 24.2. The average molecular weight is 348 g/mol. The summed E-state index contributed by atoms with van der Waals surface area (Å²) in [5.74, 6) is 0.690. The summed E-state index contributed by atoms with van der Waals surface area (Å²) in [7, 11) is 0. The second-order valence-electron chi connectivity index (χ2n) is 5.82. The number of rotatable bonds is 1. The van der Waals surface area contributed by atoms with Crippen LogP contribution in [0.4, 0.5) is 5.69 Å². The number of fused-ring (bicyclic) bond motifs is 3. The van der Waals surface area contributed by atoms with Gasteiger partial charge in [-0.05, 0) is 12.3 Å². The van der Waals surface area contributed by atoms with Crippen molar-refractivity contribution >= 4 is 34.4 Å². The topological polar surface area (TPSA) is 77.4 Å². The molecule has 0 bridgehead atoms. The Bertz CT molecular complexity index is 763. The zero-order chi connectivity index (χ0) is 16.8. The van der Waals surface area contributed by atoms with Crippen LogP contribution in [0.25, 0.3) is 0 Å². The molecule has 0 spiro atoms. The monoisotopic (exact) mass is 348 g/mol. The molecule has 2 unspecified atom stereocenters. The molecule has 126 valence electrons. The van der Waals surface area contributed by atoms with Gasteiger partial charge in [0.1, 0.15) is 6.10 Å². The van der Waals surface area contributed by atoms with Crippen molar-refractivity contribution < 1.29 is 23.8 Å². The van der Waals surface area contributed by atoms with E-state index in [1.54, 1.807) is 17.0 Å². The van der Waals surface area contributed by atoms with Crippen LogP contribution in [0.1, 0.15) is 23.7 Å². The summed E-state index contributed by atoms with van der Waals surface area (Å²) in [4.78, 5) is 30.7. The zero-order valence-electron chi connectivity index (χ0n) is 13.3. The first-order chi connectivity index (χ1) is 11.6. The van der Waals surface area contributed by atoms with Crippen molar-refractivity contribution in [2.75, 3.05) is 19.6 Å². The van der Waals surface area contributed by atoms with Crippen molar-refractivity contribution in [1.29, 1.82) is 0 Å². The first-order valence-corrected chi connectivity index (χ1v) is 8.83. The molecule has 0 aliphatic carbocycles. The third-order valence-corrected chi connectivity index (χ3v) is 5.08. The highest BCUT2D eigenvalue weighted by Crippen LogP contribution is 2.42. The maximum absolute atomic E-state index is 13.0. The van der Waals surface area contributed by atoms with Crippen LogP contribution in [-0.4, -0.2) is 53.6 Å². The summed E-state index contributed by atoms with van der Waals surface area (Å²) in [6.45, 7) is 1.90. The van der Waals surface area contributed by atoms with Crippen LogP contribution in [-0.2, 0) is 9.53 Å². The van der Waals surface area contributed by atoms with Gasteiger partial charge in [-0.2, -0.15) is 0 Å². The predicted octanol–water partition coefficient (Wildman–Crippen LogP) is 1.97. The Morgan fingerprint density at radius 3 is 2.83 bits per heavy atom. The Hall–Kier alpha value is -2.22. The summed E-state index contributed by atoms with van der Waals surface area (Å²) < 4.78 is 16.1. The third kappa shape index (κ3) is 2.41. The summed E-state index contributed by atoms with van der Waals surface area (Å²) >= 11 is 1.50. The third-order valence-electron chi connectivity index (χ3n) is 4.30. The molecule has 0 aromatic heterocycles.